The van der Waals surface area contributed by atoms with Crippen LogP contribution in [0.4, 0.5) is 0 Å². The third kappa shape index (κ3) is 3.58. The summed E-state index contributed by atoms with van der Waals surface area (Å²) in [5.41, 5.74) is -0.696. The van der Waals surface area contributed by atoms with Gasteiger partial charge in [-0.2, -0.15) is 0 Å². The zero-order valence-corrected chi connectivity index (χ0v) is 13.4. The second-order valence-electron chi connectivity index (χ2n) is 7.65. The maximum atomic E-state index is 12.5. The zero-order chi connectivity index (χ0) is 15.5. The van der Waals surface area contributed by atoms with Crippen molar-refractivity contribution in [3.8, 4) is 0 Å². The molecule has 2 aliphatic rings. The molecule has 2 N–H and O–H groups in total. The molecule has 0 aromatic carbocycles. The van der Waals surface area contributed by atoms with Gasteiger partial charge < -0.3 is 10.4 Å². The summed E-state index contributed by atoms with van der Waals surface area (Å²) in [6, 6.07) is 0. The smallest absolute Gasteiger partial charge is 0.311 e. The Balaban J connectivity index is 1.97. The fraction of sp³-hybridized carbons (Fsp3) is 0.882. The molecule has 4 heteroatoms. The van der Waals surface area contributed by atoms with E-state index in [2.05, 4.69) is 19.2 Å². The average Bonchev–Trinajstić information content (AvgIpc) is 2.45. The maximum Gasteiger partial charge on any atom is 0.311 e. The monoisotopic (exact) mass is 295 g/mol. The van der Waals surface area contributed by atoms with Crippen molar-refractivity contribution in [3.05, 3.63) is 0 Å². The molecule has 0 radical (unpaired) electrons. The van der Waals surface area contributed by atoms with Crippen molar-refractivity contribution in [2.75, 3.05) is 6.54 Å². The van der Waals surface area contributed by atoms with Crippen LogP contribution in [0.15, 0.2) is 0 Å². The summed E-state index contributed by atoms with van der Waals surface area (Å²) in [5, 5.41) is 12.5. The Bertz CT molecular complexity index is 397. The van der Waals surface area contributed by atoms with E-state index in [1.54, 1.807) is 0 Å². The SMILES string of the molecule is CC1(C)CCCCC1C(=O)NCC1(C(=O)O)CCCCC1. The minimum atomic E-state index is -0.745. The van der Waals surface area contributed by atoms with Gasteiger partial charge in [-0.1, -0.05) is 46.0 Å². The molecule has 4 nitrogen and oxygen atoms in total. The van der Waals surface area contributed by atoms with Crippen LogP contribution in [-0.2, 0) is 9.59 Å². The average molecular weight is 295 g/mol. The van der Waals surface area contributed by atoms with Gasteiger partial charge in [-0.3, -0.25) is 9.59 Å². The Morgan fingerprint density at radius 3 is 2.24 bits per heavy atom. The molecule has 0 heterocycles. The number of rotatable bonds is 4. The Labute approximate surface area is 127 Å². The van der Waals surface area contributed by atoms with Crippen LogP contribution in [0.3, 0.4) is 0 Å². The van der Waals surface area contributed by atoms with Gasteiger partial charge in [0.25, 0.3) is 0 Å². The number of carbonyl (C=O) groups is 2. The molecule has 0 bridgehead atoms. The lowest BCUT2D eigenvalue weighted by atomic mass is 9.68. The Morgan fingerprint density at radius 1 is 1.05 bits per heavy atom. The van der Waals surface area contributed by atoms with E-state index < -0.39 is 11.4 Å². The summed E-state index contributed by atoms with van der Waals surface area (Å²) >= 11 is 0. The summed E-state index contributed by atoms with van der Waals surface area (Å²) in [4.78, 5) is 24.2. The maximum absolute atomic E-state index is 12.5. The molecule has 2 fully saturated rings. The number of carbonyl (C=O) groups excluding carboxylic acids is 1. The molecule has 1 atom stereocenters. The predicted octanol–water partition coefficient (Wildman–Crippen LogP) is 3.35. The van der Waals surface area contributed by atoms with Crippen LogP contribution in [0, 0.1) is 16.7 Å². The molecule has 0 aromatic heterocycles. The number of aliphatic carboxylic acids is 1. The number of amides is 1. The minimum Gasteiger partial charge on any atom is -0.481 e. The third-order valence-corrected chi connectivity index (χ3v) is 5.69. The van der Waals surface area contributed by atoms with E-state index in [1.807, 2.05) is 0 Å². The van der Waals surface area contributed by atoms with E-state index in [0.717, 1.165) is 38.5 Å². The van der Waals surface area contributed by atoms with Gasteiger partial charge in [0.1, 0.15) is 0 Å². The van der Waals surface area contributed by atoms with Crippen molar-refractivity contribution >= 4 is 11.9 Å². The molecular weight excluding hydrogens is 266 g/mol. The summed E-state index contributed by atoms with van der Waals surface area (Å²) in [5.74, 6) is -0.656. The fourth-order valence-corrected chi connectivity index (χ4v) is 4.05. The van der Waals surface area contributed by atoms with E-state index in [9.17, 15) is 14.7 Å². The van der Waals surface area contributed by atoms with E-state index in [-0.39, 0.29) is 17.2 Å². The highest BCUT2D eigenvalue weighted by molar-refractivity contribution is 5.81. The molecule has 2 saturated carbocycles. The first kappa shape index (κ1) is 16.3. The molecule has 0 aromatic rings. The normalized spacial score (nSPS) is 27.8. The van der Waals surface area contributed by atoms with Gasteiger partial charge in [0.2, 0.25) is 5.91 Å². The van der Waals surface area contributed by atoms with Crippen LogP contribution >= 0.6 is 0 Å². The van der Waals surface area contributed by atoms with Crippen molar-refractivity contribution < 1.29 is 14.7 Å². The molecule has 0 spiro atoms. The number of nitrogens with one attached hydrogen (secondary N) is 1. The quantitative estimate of drug-likeness (QED) is 0.835. The first-order valence-electron chi connectivity index (χ1n) is 8.39. The van der Waals surface area contributed by atoms with E-state index in [4.69, 9.17) is 0 Å². The van der Waals surface area contributed by atoms with Crippen LogP contribution in [0.25, 0.3) is 0 Å². The van der Waals surface area contributed by atoms with Crippen LogP contribution in [0.2, 0.25) is 0 Å². The fourth-order valence-electron chi connectivity index (χ4n) is 4.05. The lowest BCUT2D eigenvalue weighted by Crippen LogP contribution is -2.48. The number of carboxylic acid groups (broad SMARTS) is 1. The predicted molar refractivity (Wildman–Crippen MR) is 81.9 cm³/mol. The topological polar surface area (TPSA) is 66.4 Å². The van der Waals surface area contributed by atoms with Crippen molar-refractivity contribution in [2.24, 2.45) is 16.7 Å². The van der Waals surface area contributed by atoms with Gasteiger partial charge in [0, 0.05) is 12.5 Å². The number of hydrogen-bond acceptors (Lipinski definition) is 2. The minimum absolute atomic E-state index is 0.0284. The summed E-state index contributed by atoms with van der Waals surface area (Å²) in [6.45, 7) is 4.61. The van der Waals surface area contributed by atoms with Crippen molar-refractivity contribution in [1.29, 1.82) is 0 Å². The second-order valence-corrected chi connectivity index (χ2v) is 7.65. The van der Waals surface area contributed by atoms with Gasteiger partial charge >= 0.3 is 5.97 Å². The van der Waals surface area contributed by atoms with Crippen molar-refractivity contribution in [2.45, 2.75) is 71.6 Å². The molecule has 2 rings (SSSR count). The highest BCUT2D eigenvalue weighted by Crippen LogP contribution is 2.41. The first-order chi connectivity index (χ1) is 9.87. The second kappa shape index (κ2) is 6.37. The van der Waals surface area contributed by atoms with Crippen LogP contribution in [0.5, 0.6) is 0 Å². The van der Waals surface area contributed by atoms with Crippen molar-refractivity contribution in [1.82, 2.24) is 5.32 Å². The van der Waals surface area contributed by atoms with Gasteiger partial charge in [-0.25, -0.2) is 0 Å². The summed E-state index contributed by atoms with van der Waals surface area (Å²) in [6.07, 6.45) is 8.70. The molecule has 0 aliphatic heterocycles. The Hall–Kier alpha value is -1.06. The largest absolute Gasteiger partial charge is 0.481 e. The number of hydrogen-bond donors (Lipinski definition) is 2. The molecular formula is C17H29NO3. The van der Waals surface area contributed by atoms with Gasteiger partial charge in [-0.15, -0.1) is 0 Å². The molecule has 120 valence electrons. The highest BCUT2D eigenvalue weighted by atomic mass is 16.4. The van der Waals surface area contributed by atoms with Gasteiger partial charge in [0.05, 0.1) is 5.41 Å². The molecule has 2 aliphatic carbocycles. The highest BCUT2D eigenvalue weighted by Gasteiger charge is 2.42. The van der Waals surface area contributed by atoms with Crippen LogP contribution in [-0.4, -0.2) is 23.5 Å². The zero-order valence-electron chi connectivity index (χ0n) is 13.4. The van der Waals surface area contributed by atoms with Gasteiger partial charge in [0.15, 0.2) is 0 Å². The number of carboxylic acids is 1. The van der Waals surface area contributed by atoms with E-state index >= 15 is 0 Å². The van der Waals surface area contributed by atoms with E-state index in [1.165, 1.54) is 6.42 Å². The van der Waals surface area contributed by atoms with Crippen molar-refractivity contribution in [3.63, 3.8) is 0 Å². The summed E-state index contributed by atoms with van der Waals surface area (Å²) < 4.78 is 0. The van der Waals surface area contributed by atoms with Crippen LogP contribution in [0.1, 0.15) is 71.6 Å². The molecule has 1 unspecified atom stereocenters. The molecule has 0 saturated heterocycles. The third-order valence-electron chi connectivity index (χ3n) is 5.69. The Kier molecular flexibility index (Phi) is 4.95. The Morgan fingerprint density at radius 2 is 1.67 bits per heavy atom. The summed E-state index contributed by atoms with van der Waals surface area (Å²) in [7, 11) is 0. The van der Waals surface area contributed by atoms with E-state index in [0.29, 0.717) is 19.4 Å². The lowest BCUT2D eigenvalue weighted by molar-refractivity contribution is -0.151. The molecule has 21 heavy (non-hydrogen) atoms. The standard InChI is InChI=1S/C17H29NO3/c1-16(2)9-7-4-8-13(16)14(19)18-12-17(15(20)21)10-5-3-6-11-17/h13H,3-12H2,1-2H3,(H,18,19)(H,20,21). The molecule has 1 amide bonds. The first-order valence-corrected chi connectivity index (χ1v) is 8.39. The van der Waals surface area contributed by atoms with Gasteiger partial charge in [-0.05, 0) is 31.1 Å². The lowest BCUT2D eigenvalue weighted by Gasteiger charge is -2.39. The van der Waals surface area contributed by atoms with Crippen LogP contribution < -0.4 is 5.32 Å².